The molecule has 0 aromatic heterocycles. The average molecular weight is 493 g/mol. The third-order valence-electron chi connectivity index (χ3n) is 5.83. The number of methoxy groups -OCH3 is 1. The molecule has 2 aromatic carbocycles. The van der Waals surface area contributed by atoms with Gasteiger partial charge in [0, 0.05) is 6.07 Å². The lowest BCUT2D eigenvalue weighted by Gasteiger charge is -2.20. The number of hydrogen-bond donors (Lipinski definition) is 1. The fraction of sp³-hybridized carbons (Fsp3) is 0.391. The fourth-order valence-corrected chi connectivity index (χ4v) is 5.52. The zero-order valence-electron chi connectivity index (χ0n) is 17.8. The van der Waals surface area contributed by atoms with Crippen molar-refractivity contribution < 1.29 is 27.1 Å². The number of benzene rings is 2. The zero-order chi connectivity index (χ0) is 23.8. The quantitative estimate of drug-likeness (QED) is 0.548. The number of nitrogens with zero attached hydrogens (tertiary/aromatic N) is 1. The van der Waals surface area contributed by atoms with Gasteiger partial charge < -0.3 is 9.47 Å². The third-order valence-corrected chi connectivity index (χ3v) is 7.56. The van der Waals surface area contributed by atoms with Crippen molar-refractivity contribution in [3.05, 3.63) is 52.0 Å². The third kappa shape index (κ3) is 4.92. The van der Waals surface area contributed by atoms with Crippen LogP contribution < -0.4 is 9.46 Å². The number of esters is 1. The number of ether oxygens (including phenoxy) is 2. The number of halogens is 2. The van der Waals surface area contributed by atoms with Gasteiger partial charge in [0.1, 0.15) is 24.1 Å². The Morgan fingerprint density at radius 3 is 2.58 bits per heavy atom. The molecule has 7 nitrogen and oxygen atoms in total. The van der Waals surface area contributed by atoms with E-state index in [4.69, 9.17) is 21.1 Å². The Morgan fingerprint density at radius 2 is 1.97 bits per heavy atom. The highest BCUT2D eigenvalue weighted by Crippen LogP contribution is 2.44. The summed E-state index contributed by atoms with van der Waals surface area (Å²) in [5.74, 6) is -0.551. The Labute approximate surface area is 196 Å². The number of sulfonamides is 1. The first-order valence-corrected chi connectivity index (χ1v) is 12.4. The molecular formula is C23H22ClFN2O5S. The van der Waals surface area contributed by atoms with Gasteiger partial charge in [-0.3, -0.25) is 4.72 Å². The fourth-order valence-electron chi connectivity index (χ4n) is 3.94. The first kappa shape index (κ1) is 23.3. The van der Waals surface area contributed by atoms with Gasteiger partial charge >= 0.3 is 5.97 Å². The molecular weight excluding hydrogens is 471 g/mol. The second-order valence-electron chi connectivity index (χ2n) is 8.17. The van der Waals surface area contributed by atoms with Gasteiger partial charge in [0.05, 0.1) is 33.8 Å². The summed E-state index contributed by atoms with van der Waals surface area (Å²) < 4.78 is 54.0. The highest BCUT2D eigenvalue weighted by atomic mass is 35.5. The van der Waals surface area contributed by atoms with Gasteiger partial charge in [-0.05, 0) is 61.8 Å². The van der Waals surface area contributed by atoms with Crippen molar-refractivity contribution in [3.63, 3.8) is 0 Å². The molecule has 0 spiro atoms. The summed E-state index contributed by atoms with van der Waals surface area (Å²) >= 11 is 6.13. The van der Waals surface area contributed by atoms with Gasteiger partial charge in [-0.25, -0.2) is 17.6 Å². The van der Waals surface area contributed by atoms with E-state index in [0.29, 0.717) is 24.8 Å². The molecule has 2 aliphatic rings. The predicted octanol–water partition coefficient (Wildman–Crippen LogP) is 4.95. The minimum Gasteiger partial charge on any atom is -0.485 e. The van der Waals surface area contributed by atoms with Crippen LogP contribution in [0.25, 0.3) is 0 Å². The molecule has 1 N–H and O–H groups in total. The number of nitriles is 1. The summed E-state index contributed by atoms with van der Waals surface area (Å²) in [6.45, 7) is 0. The lowest BCUT2D eigenvalue weighted by atomic mass is 10.1. The largest absolute Gasteiger partial charge is 0.485 e. The highest BCUT2D eigenvalue weighted by molar-refractivity contribution is 7.92. The normalized spacial score (nSPS) is 20.2. The van der Waals surface area contributed by atoms with Crippen LogP contribution in [0.5, 0.6) is 5.75 Å². The van der Waals surface area contributed by atoms with Gasteiger partial charge in [0.25, 0.3) is 10.0 Å². The van der Waals surface area contributed by atoms with Gasteiger partial charge in [-0.15, -0.1) is 0 Å². The van der Waals surface area contributed by atoms with E-state index in [1.165, 1.54) is 31.4 Å². The molecule has 0 aliphatic heterocycles. The molecule has 2 fully saturated rings. The summed E-state index contributed by atoms with van der Waals surface area (Å²) in [6.07, 6.45) is 1.27. The molecule has 174 valence electrons. The summed E-state index contributed by atoms with van der Waals surface area (Å²) in [5.41, 5.74) is 0.696. The topological polar surface area (TPSA) is 105 Å². The van der Waals surface area contributed by atoms with Gasteiger partial charge in [0.2, 0.25) is 0 Å². The molecule has 0 saturated heterocycles. The van der Waals surface area contributed by atoms with E-state index in [0.717, 1.165) is 12.8 Å². The summed E-state index contributed by atoms with van der Waals surface area (Å²) in [4.78, 5) is 11.9. The summed E-state index contributed by atoms with van der Waals surface area (Å²) in [7, 11) is -2.99. The monoisotopic (exact) mass is 492 g/mol. The van der Waals surface area contributed by atoms with Crippen molar-refractivity contribution in [3.8, 4) is 11.8 Å². The van der Waals surface area contributed by atoms with Crippen molar-refractivity contribution >= 4 is 33.3 Å². The number of hydrogen-bond acceptors (Lipinski definition) is 6. The Bertz CT molecular complexity index is 1240. The van der Waals surface area contributed by atoms with E-state index in [2.05, 4.69) is 4.72 Å². The summed E-state index contributed by atoms with van der Waals surface area (Å²) in [6, 6.07) is 8.91. The first-order chi connectivity index (χ1) is 15.7. The molecule has 2 atom stereocenters. The molecule has 0 radical (unpaired) electrons. The Balaban J connectivity index is 1.75. The molecule has 0 amide bonds. The molecule has 33 heavy (non-hydrogen) atoms. The van der Waals surface area contributed by atoms with Crippen molar-refractivity contribution in [2.24, 2.45) is 0 Å². The van der Waals surface area contributed by atoms with E-state index in [1.807, 2.05) is 6.07 Å². The number of carbonyl (C=O) groups excluding carboxylic acids is 1. The molecule has 0 heterocycles. The van der Waals surface area contributed by atoms with Crippen LogP contribution in [-0.2, 0) is 14.8 Å². The van der Waals surface area contributed by atoms with Crippen molar-refractivity contribution in [2.45, 2.75) is 55.2 Å². The highest BCUT2D eigenvalue weighted by Gasteiger charge is 2.33. The van der Waals surface area contributed by atoms with Crippen LogP contribution in [0.4, 0.5) is 10.1 Å². The van der Waals surface area contributed by atoms with Crippen LogP contribution in [0.3, 0.4) is 0 Å². The van der Waals surface area contributed by atoms with Crippen LogP contribution >= 0.6 is 11.6 Å². The second-order valence-corrected chi connectivity index (χ2v) is 10.2. The molecule has 4 rings (SSSR count). The Hall–Kier alpha value is -2.83. The maximum Gasteiger partial charge on any atom is 0.337 e. The van der Waals surface area contributed by atoms with E-state index in [-0.39, 0.29) is 38.4 Å². The average Bonchev–Trinajstić information content (AvgIpc) is 3.57. The smallest absolute Gasteiger partial charge is 0.337 e. The first-order valence-electron chi connectivity index (χ1n) is 10.5. The van der Waals surface area contributed by atoms with E-state index in [1.54, 1.807) is 6.07 Å². The SMILES string of the molecule is COC(=O)c1ccc(C2CC2)c(S(=O)(=O)Nc2cc(C#N)c(Cl)cc2O[C@@H]2CCC[C@@H]2F)c1. The zero-order valence-corrected chi connectivity index (χ0v) is 19.4. The predicted molar refractivity (Wildman–Crippen MR) is 120 cm³/mol. The van der Waals surface area contributed by atoms with E-state index >= 15 is 0 Å². The number of anilines is 1. The molecule has 0 unspecified atom stereocenters. The van der Waals surface area contributed by atoms with Crippen LogP contribution in [0.1, 0.15) is 59.5 Å². The number of nitrogens with one attached hydrogen (secondary N) is 1. The van der Waals surface area contributed by atoms with Crippen molar-refractivity contribution in [1.82, 2.24) is 0 Å². The van der Waals surface area contributed by atoms with Crippen LogP contribution in [0.15, 0.2) is 35.2 Å². The van der Waals surface area contributed by atoms with Crippen molar-refractivity contribution in [2.75, 3.05) is 11.8 Å². The molecule has 2 saturated carbocycles. The van der Waals surface area contributed by atoms with Gasteiger partial charge in [0.15, 0.2) is 0 Å². The molecule has 2 aromatic rings. The van der Waals surface area contributed by atoms with E-state index in [9.17, 15) is 22.9 Å². The van der Waals surface area contributed by atoms with Crippen molar-refractivity contribution in [1.29, 1.82) is 5.26 Å². The molecule has 10 heteroatoms. The summed E-state index contributed by atoms with van der Waals surface area (Å²) in [5, 5.41) is 9.43. The molecule has 2 aliphatic carbocycles. The van der Waals surface area contributed by atoms with Crippen LogP contribution in [-0.4, -0.2) is 33.8 Å². The van der Waals surface area contributed by atoms with Crippen LogP contribution in [0.2, 0.25) is 5.02 Å². The molecule has 0 bridgehead atoms. The van der Waals surface area contributed by atoms with Crippen LogP contribution in [0, 0.1) is 11.3 Å². The minimum absolute atomic E-state index is 0.0275. The number of alkyl halides is 1. The standard InChI is InChI=1S/C23H22ClFN2O5S/c1-31-23(28)14-7-8-16(13-5-6-13)22(10-14)33(29,30)27-19-9-15(12-26)17(24)11-21(19)32-20-4-2-3-18(20)25/h7-11,13,18,20,27H,2-6H2,1H3/t18-,20+/m0/s1. The lowest BCUT2D eigenvalue weighted by molar-refractivity contribution is 0.0600. The second kappa shape index (κ2) is 9.20. The van der Waals surface area contributed by atoms with Gasteiger partial charge in [-0.1, -0.05) is 17.7 Å². The minimum atomic E-state index is -4.20. The Morgan fingerprint density at radius 1 is 1.21 bits per heavy atom. The maximum absolute atomic E-state index is 14.2. The number of rotatable bonds is 7. The Kier molecular flexibility index (Phi) is 6.50. The maximum atomic E-state index is 14.2. The number of carbonyl (C=O) groups is 1. The lowest BCUT2D eigenvalue weighted by Crippen LogP contribution is -2.23. The van der Waals surface area contributed by atoms with Gasteiger partial charge in [-0.2, -0.15) is 5.26 Å². The van der Waals surface area contributed by atoms with E-state index < -0.39 is 28.3 Å².